The Morgan fingerprint density at radius 3 is 1.20 bits per heavy atom. The monoisotopic (exact) mass is 1190 g/mol. The minimum atomic E-state index is -2.78. The Kier molecular flexibility index (Phi) is 29.8. The quantitative estimate of drug-likeness (QED) is 0.0116. The smallest absolute Gasteiger partial charge is 0.870 e. The number of ether oxygens (including phenoxy) is 3. The number of anilines is 5. The molecule has 396 valence electrons. The first-order valence-corrected chi connectivity index (χ1v) is 21.5. The van der Waals surface area contributed by atoms with Crippen LogP contribution in [0.15, 0.2) is 93.9 Å². The fraction of sp³-hybridized carbons (Fsp3) is 0.233. The maximum absolute atomic E-state index is 12.5. The van der Waals surface area contributed by atoms with Crippen molar-refractivity contribution >= 4 is 95.0 Å². The zero-order chi connectivity index (χ0) is 54.4. The number of nitro groups is 3. The van der Waals surface area contributed by atoms with Crippen molar-refractivity contribution in [2.75, 3.05) is 68.0 Å². The van der Waals surface area contributed by atoms with E-state index in [1.165, 1.54) is 28.1 Å². The Balaban J connectivity index is 0.00000100. The zero-order valence-corrected chi connectivity index (χ0v) is 44.3. The summed E-state index contributed by atoms with van der Waals surface area (Å²) >= 11 is 6.55. The summed E-state index contributed by atoms with van der Waals surface area (Å²) in [6.07, 6.45) is -8.24. The number of benzene rings is 5. The molecule has 5 rings (SSSR count). The van der Waals surface area contributed by atoms with Gasteiger partial charge in [-0.2, -0.15) is 0 Å². The summed E-state index contributed by atoms with van der Waals surface area (Å²) in [7, 11) is 4.24. The van der Waals surface area contributed by atoms with E-state index in [4.69, 9.17) is 20.3 Å². The molecule has 0 aliphatic rings. The van der Waals surface area contributed by atoms with Crippen molar-refractivity contribution in [1.29, 1.82) is 0 Å². The molecule has 5 aromatic rings. The van der Waals surface area contributed by atoms with Gasteiger partial charge in [0.15, 0.2) is 5.78 Å². The molecule has 0 saturated heterocycles. The number of nitrogens with two attached hydrogens (primary N) is 1. The van der Waals surface area contributed by atoms with Crippen LogP contribution in [-0.2, 0) is 0 Å². The van der Waals surface area contributed by atoms with Gasteiger partial charge < -0.3 is 51.8 Å². The molecule has 0 spiro atoms. The first-order valence-electron chi connectivity index (χ1n) is 19.9. The van der Waals surface area contributed by atoms with Crippen LogP contribution in [0.1, 0.15) is 38.0 Å². The molecule has 31 heteroatoms. The Labute approximate surface area is 454 Å². The van der Waals surface area contributed by atoms with E-state index < -0.39 is 82.8 Å². The Hall–Kier alpha value is -6.99. The summed E-state index contributed by atoms with van der Waals surface area (Å²) in [6.45, 7) is -1.66. The molecule has 0 aliphatic heterocycles. The molecular weight excluding hydrogens is 1150 g/mol. The molecule has 0 heterocycles. The van der Waals surface area contributed by atoms with Crippen LogP contribution < -0.4 is 70.8 Å². The van der Waals surface area contributed by atoms with Gasteiger partial charge in [0.25, 0.3) is 42.2 Å². The molecule has 0 aliphatic carbocycles. The third-order valence-corrected chi connectivity index (χ3v) is 9.67. The van der Waals surface area contributed by atoms with E-state index >= 15 is 0 Å². The van der Waals surface area contributed by atoms with Crippen molar-refractivity contribution in [3.05, 3.63) is 141 Å². The molecule has 1 amide bonds. The van der Waals surface area contributed by atoms with E-state index in [0.717, 1.165) is 51.0 Å². The van der Waals surface area contributed by atoms with Crippen LogP contribution in [0.2, 0.25) is 0 Å². The van der Waals surface area contributed by atoms with Gasteiger partial charge in [0, 0.05) is 77.9 Å². The van der Waals surface area contributed by atoms with E-state index in [9.17, 15) is 71.1 Å². The Bertz CT molecular complexity index is 2590. The van der Waals surface area contributed by atoms with E-state index in [1.807, 2.05) is 24.3 Å². The maximum Gasteiger partial charge on any atom is 1.00 e. The summed E-state index contributed by atoms with van der Waals surface area (Å²) in [5, 5.41) is 51.8. The standard InChI is InChI=1S/C16H14BrF2N3O4.C11H12F2N2O4.C10H10F2N2O5.C6H6BrN.Na.H2O/c1-20-12-7-14(26-8-15(18)19)11(6-13(12)22(24)25)16(23)21-10-4-2-9(17)3-5-10;1-6(16)7-3-9(15(17)18)8(14-2)4-10(7)19-5-11(12)13;1-13-6-3-8(19-4-9(11)12)5(10(15)16)2-7(6)14(17)18;7-5-1-3-6(8)4-2-5;;/h2-7,15,20H,8H2,1H3,(H,21,23);3-4,11,14H,5H2,1-2H3;2-3,9,13H,4H2,1H3,(H,15,16);1-4H,8H2;;1H2/q;;;;+1;/p-1. The van der Waals surface area contributed by atoms with Crippen molar-refractivity contribution in [3.63, 3.8) is 0 Å². The molecule has 0 atom stereocenters. The van der Waals surface area contributed by atoms with Gasteiger partial charge in [-0.15, -0.1) is 0 Å². The largest absolute Gasteiger partial charge is 1.00 e. The van der Waals surface area contributed by atoms with Gasteiger partial charge >= 0.3 is 35.5 Å². The summed E-state index contributed by atoms with van der Waals surface area (Å²) < 4.78 is 89.5. The van der Waals surface area contributed by atoms with Crippen LogP contribution in [0.3, 0.4) is 0 Å². The summed E-state index contributed by atoms with van der Waals surface area (Å²) in [5.41, 5.74) is 4.67. The van der Waals surface area contributed by atoms with E-state index in [2.05, 4.69) is 57.9 Å². The molecule has 22 nitrogen and oxygen atoms in total. The van der Waals surface area contributed by atoms with Gasteiger partial charge in [-0.05, 0) is 55.5 Å². The van der Waals surface area contributed by atoms with Gasteiger partial charge in [0.2, 0.25) is 0 Å². The number of ketones is 1. The number of amides is 1. The van der Waals surface area contributed by atoms with E-state index in [0.29, 0.717) is 5.69 Å². The molecule has 0 radical (unpaired) electrons. The molecular formula is C43H43Br2F6N8NaO14. The van der Waals surface area contributed by atoms with Crippen LogP contribution in [0, 0.1) is 30.3 Å². The van der Waals surface area contributed by atoms with Gasteiger partial charge in [-0.25, -0.2) is 31.1 Å². The molecule has 0 fully saturated rings. The summed E-state index contributed by atoms with van der Waals surface area (Å²) in [5.74, 6) is -3.38. The number of Topliss-reactive ketones (excluding diaryl/α,β-unsaturated/α-hetero) is 1. The number of carbonyl (C=O) groups is 3. The first kappa shape index (κ1) is 67.0. The van der Waals surface area contributed by atoms with Crippen LogP contribution in [0.25, 0.3) is 0 Å². The minimum Gasteiger partial charge on any atom is -0.870 e. The van der Waals surface area contributed by atoms with Crippen molar-refractivity contribution in [1.82, 2.24) is 0 Å². The van der Waals surface area contributed by atoms with Crippen molar-refractivity contribution in [3.8, 4) is 17.2 Å². The fourth-order valence-electron chi connectivity index (χ4n) is 5.39. The number of nitrogen functional groups attached to an aromatic ring is 1. The average Bonchev–Trinajstić information content (AvgIpc) is 3.32. The van der Waals surface area contributed by atoms with Crippen molar-refractivity contribution < 1.29 is 110 Å². The van der Waals surface area contributed by atoms with Gasteiger partial charge in [-0.1, -0.05) is 31.9 Å². The second kappa shape index (κ2) is 33.0. The predicted molar refractivity (Wildman–Crippen MR) is 262 cm³/mol. The molecule has 0 aromatic heterocycles. The first-order chi connectivity index (χ1) is 33.8. The maximum atomic E-state index is 12.5. The fourth-order valence-corrected chi connectivity index (χ4v) is 5.92. The molecule has 8 N–H and O–H groups in total. The molecule has 0 unspecified atom stereocenters. The van der Waals surface area contributed by atoms with Gasteiger partial charge in [-0.3, -0.25) is 39.9 Å². The number of carbonyl (C=O) groups excluding carboxylic acids is 2. The molecule has 0 bridgehead atoms. The van der Waals surface area contributed by atoms with Crippen LogP contribution in [-0.4, -0.2) is 103 Å². The number of nitro benzene ring substituents is 3. The van der Waals surface area contributed by atoms with Crippen LogP contribution in [0.5, 0.6) is 17.2 Å². The third kappa shape index (κ3) is 22.0. The topological polar surface area (TPSA) is 333 Å². The second-order valence-electron chi connectivity index (χ2n) is 13.6. The van der Waals surface area contributed by atoms with E-state index in [1.54, 1.807) is 24.3 Å². The minimum absolute atomic E-state index is 0. The number of nitrogens with zero attached hydrogens (tertiary/aromatic N) is 3. The van der Waals surface area contributed by atoms with Crippen molar-refractivity contribution in [2.45, 2.75) is 26.2 Å². The number of carboxylic acid groups (broad SMARTS) is 1. The van der Waals surface area contributed by atoms with Crippen LogP contribution in [0.4, 0.5) is 71.8 Å². The zero-order valence-electron chi connectivity index (χ0n) is 39.2. The predicted octanol–water partition coefficient (Wildman–Crippen LogP) is 7.62. The number of carboxylic acids is 1. The number of hydrogen-bond donors (Lipinski definition) is 6. The number of nitrogens with one attached hydrogen (secondary N) is 4. The van der Waals surface area contributed by atoms with Gasteiger partial charge in [0.05, 0.1) is 25.9 Å². The normalized spacial score (nSPS) is 9.99. The van der Waals surface area contributed by atoms with Crippen molar-refractivity contribution in [2.24, 2.45) is 0 Å². The number of rotatable bonds is 19. The van der Waals surface area contributed by atoms with Crippen LogP contribution >= 0.6 is 31.9 Å². The number of halogens is 8. The number of alkyl halides is 6. The third-order valence-electron chi connectivity index (χ3n) is 8.61. The van der Waals surface area contributed by atoms with Gasteiger partial charge in [0.1, 0.15) is 59.7 Å². The summed E-state index contributed by atoms with van der Waals surface area (Å²) in [4.78, 5) is 65.4. The van der Waals surface area contributed by atoms with E-state index in [-0.39, 0.29) is 91.8 Å². The second-order valence-corrected chi connectivity index (χ2v) is 15.4. The SMILES string of the molecule is CNc1cc(OCC(F)F)c(C(=O)Nc2ccc(Br)cc2)cc1[N+](=O)[O-].CNc1cc(OCC(F)F)c(C(=O)O)cc1[N+](=O)[O-].CNc1cc(OCC(F)F)c(C(C)=O)cc1[N+](=O)[O-].Nc1ccc(Br)cc1.[Na+].[OH-]. The molecule has 0 saturated carbocycles. The molecule has 5 aromatic carbocycles. The Morgan fingerprint density at radius 2 is 0.905 bits per heavy atom. The number of hydrogen-bond acceptors (Lipinski definition) is 17. The Morgan fingerprint density at radius 1 is 0.595 bits per heavy atom. The summed E-state index contributed by atoms with van der Waals surface area (Å²) in [6, 6.07) is 20.2. The number of aromatic carboxylic acids is 1. The average molecular weight is 1190 g/mol. The molecule has 74 heavy (non-hydrogen) atoms.